The minimum Gasteiger partial charge on any atom is -0.307 e. The summed E-state index contributed by atoms with van der Waals surface area (Å²) in [6.07, 6.45) is 2.20. The molecule has 0 amide bonds. The molecule has 0 saturated carbocycles. The van der Waals surface area contributed by atoms with Crippen molar-refractivity contribution in [3.05, 3.63) is 52.2 Å². The number of nitrogens with one attached hydrogen (secondary N) is 1. The number of hydrogen-bond donors (Lipinski definition) is 1. The molecule has 2 heterocycles. The van der Waals surface area contributed by atoms with Crippen LogP contribution < -0.4 is 5.32 Å². The lowest BCUT2D eigenvalue weighted by molar-refractivity contribution is 0.281. The number of nitrogens with zero attached hydrogens (tertiary/aromatic N) is 2. The fourth-order valence-electron chi connectivity index (χ4n) is 2.32. The number of likely N-dealkylation sites (N-methyl/N-ethyl adjacent to an activating group) is 1. The van der Waals surface area contributed by atoms with E-state index >= 15 is 0 Å². The SMILES string of the molecule is CCC(NCC(c1cccs1)N(C)C)c1ccc(F)cn1. The molecule has 3 nitrogen and oxygen atoms in total. The Hall–Kier alpha value is -1.30. The highest BCUT2D eigenvalue weighted by Crippen LogP contribution is 2.24. The summed E-state index contributed by atoms with van der Waals surface area (Å²) in [5.41, 5.74) is 0.891. The summed E-state index contributed by atoms with van der Waals surface area (Å²) >= 11 is 1.77. The molecule has 0 aliphatic carbocycles. The summed E-state index contributed by atoms with van der Waals surface area (Å²) < 4.78 is 13.0. The first kappa shape index (κ1) is 16.1. The van der Waals surface area contributed by atoms with E-state index in [2.05, 4.69) is 53.7 Å². The van der Waals surface area contributed by atoms with Gasteiger partial charge in [0.05, 0.1) is 17.9 Å². The van der Waals surface area contributed by atoms with E-state index in [0.29, 0.717) is 6.04 Å². The summed E-state index contributed by atoms with van der Waals surface area (Å²) in [6, 6.07) is 7.94. The highest BCUT2D eigenvalue weighted by molar-refractivity contribution is 7.10. The molecule has 2 atom stereocenters. The lowest BCUT2D eigenvalue weighted by Crippen LogP contribution is -2.33. The highest BCUT2D eigenvalue weighted by Gasteiger charge is 2.18. The van der Waals surface area contributed by atoms with Gasteiger partial charge in [-0.25, -0.2) is 4.39 Å². The summed E-state index contributed by atoms with van der Waals surface area (Å²) in [6.45, 7) is 2.95. The van der Waals surface area contributed by atoms with Crippen LogP contribution in [0.25, 0.3) is 0 Å². The molecule has 0 aliphatic heterocycles. The van der Waals surface area contributed by atoms with Crippen LogP contribution in [0.1, 0.15) is 36.0 Å². The maximum absolute atomic E-state index is 13.0. The first-order valence-corrected chi connectivity index (χ1v) is 8.04. The van der Waals surface area contributed by atoms with Crippen LogP contribution in [0.2, 0.25) is 0 Å². The molecule has 0 aromatic carbocycles. The van der Waals surface area contributed by atoms with Crippen LogP contribution in [0.5, 0.6) is 0 Å². The van der Waals surface area contributed by atoms with Gasteiger partial charge in [0.25, 0.3) is 0 Å². The Kier molecular flexibility index (Phi) is 5.85. The van der Waals surface area contributed by atoms with Crippen LogP contribution in [-0.2, 0) is 0 Å². The standard InChI is InChI=1S/C16H22FN3S/c1-4-13(14-8-7-12(17)10-18-14)19-11-15(20(2)3)16-6-5-9-21-16/h5-10,13,15,19H,4,11H2,1-3H3. The number of thiophene rings is 1. The number of halogens is 1. The Labute approximate surface area is 129 Å². The molecule has 2 aromatic rings. The molecule has 0 radical (unpaired) electrons. The Balaban J connectivity index is 2.03. The molecule has 5 heteroatoms. The lowest BCUT2D eigenvalue weighted by atomic mass is 10.1. The van der Waals surface area contributed by atoms with Crippen molar-refractivity contribution in [2.45, 2.75) is 25.4 Å². The molecule has 21 heavy (non-hydrogen) atoms. The van der Waals surface area contributed by atoms with Crippen molar-refractivity contribution in [1.82, 2.24) is 15.2 Å². The smallest absolute Gasteiger partial charge is 0.141 e. The van der Waals surface area contributed by atoms with Crippen molar-refractivity contribution in [2.24, 2.45) is 0 Å². The van der Waals surface area contributed by atoms with E-state index in [1.165, 1.54) is 17.1 Å². The van der Waals surface area contributed by atoms with Crippen molar-refractivity contribution in [3.63, 3.8) is 0 Å². The monoisotopic (exact) mass is 307 g/mol. The van der Waals surface area contributed by atoms with E-state index < -0.39 is 0 Å². The third-order valence-electron chi connectivity index (χ3n) is 3.57. The molecule has 0 fully saturated rings. The fourth-order valence-corrected chi connectivity index (χ4v) is 3.25. The van der Waals surface area contributed by atoms with Gasteiger partial charge < -0.3 is 10.2 Å². The quantitative estimate of drug-likeness (QED) is 0.846. The van der Waals surface area contributed by atoms with Gasteiger partial charge in [-0.1, -0.05) is 13.0 Å². The van der Waals surface area contributed by atoms with Gasteiger partial charge in [-0.3, -0.25) is 4.98 Å². The van der Waals surface area contributed by atoms with Gasteiger partial charge in [0.2, 0.25) is 0 Å². The molecule has 114 valence electrons. The van der Waals surface area contributed by atoms with E-state index in [9.17, 15) is 4.39 Å². The minimum atomic E-state index is -0.293. The van der Waals surface area contributed by atoms with Crippen molar-refractivity contribution in [1.29, 1.82) is 0 Å². The van der Waals surface area contributed by atoms with E-state index in [1.807, 2.05) is 0 Å². The largest absolute Gasteiger partial charge is 0.307 e. The minimum absolute atomic E-state index is 0.146. The topological polar surface area (TPSA) is 28.2 Å². The number of rotatable bonds is 7. The van der Waals surface area contributed by atoms with Crippen LogP contribution in [0.3, 0.4) is 0 Å². The van der Waals surface area contributed by atoms with E-state index in [1.54, 1.807) is 17.4 Å². The zero-order valence-electron chi connectivity index (χ0n) is 12.7. The normalized spacial score (nSPS) is 14.3. The van der Waals surface area contributed by atoms with E-state index in [-0.39, 0.29) is 11.9 Å². The maximum atomic E-state index is 13.0. The zero-order valence-corrected chi connectivity index (χ0v) is 13.5. The molecule has 0 saturated heterocycles. The summed E-state index contributed by atoms with van der Waals surface area (Å²) in [7, 11) is 4.17. The number of pyridine rings is 1. The summed E-state index contributed by atoms with van der Waals surface area (Å²) in [5.74, 6) is -0.293. The van der Waals surface area contributed by atoms with Crippen molar-refractivity contribution >= 4 is 11.3 Å². The second-order valence-electron chi connectivity index (χ2n) is 5.27. The van der Waals surface area contributed by atoms with Gasteiger partial charge >= 0.3 is 0 Å². The fraction of sp³-hybridized carbons (Fsp3) is 0.438. The van der Waals surface area contributed by atoms with Crippen LogP contribution in [0.4, 0.5) is 4.39 Å². The average Bonchev–Trinajstić information content (AvgIpc) is 2.98. The van der Waals surface area contributed by atoms with E-state index in [4.69, 9.17) is 0 Å². The second kappa shape index (κ2) is 7.64. The van der Waals surface area contributed by atoms with Gasteiger partial charge in [-0.2, -0.15) is 0 Å². The Morgan fingerprint density at radius 3 is 2.67 bits per heavy atom. The van der Waals surface area contributed by atoms with Crippen LogP contribution in [-0.4, -0.2) is 30.5 Å². The molecule has 0 bridgehead atoms. The third-order valence-corrected chi connectivity index (χ3v) is 4.54. The Morgan fingerprint density at radius 1 is 1.33 bits per heavy atom. The van der Waals surface area contributed by atoms with Crippen LogP contribution in [0.15, 0.2) is 35.8 Å². The molecule has 2 unspecified atom stereocenters. The van der Waals surface area contributed by atoms with Gasteiger partial charge in [-0.05, 0) is 44.1 Å². The second-order valence-corrected chi connectivity index (χ2v) is 6.24. The molecule has 2 rings (SSSR count). The Bertz CT molecular complexity index is 525. The maximum Gasteiger partial charge on any atom is 0.141 e. The average molecular weight is 307 g/mol. The van der Waals surface area contributed by atoms with Crippen LogP contribution >= 0.6 is 11.3 Å². The van der Waals surface area contributed by atoms with Crippen molar-refractivity contribution in [2.75, 3.05) is 20.6 Å². The molecule has 1 N–H and O–H groups in total. The molecule has 0 aliphatic rings. The predicted molar refractivity (Wildman–Crippen MR) is 86.0 cm³/mol. The molecule has 2 aromatic heterocycles. The first-order valence-electron chi connectivity index (χ1n) is 7.16. The van der Waals surface area contributed by atoms with Gasteiger partial charge in [0.1, 0.15) is 5.82 Å². The van der Waals surface area contributed by atoms with Gasteiger partial charge in [-0.15, -0.1) is 11.3 Å². The van der Waals surface area contributed by atoms with Gasteiger partial charge in [0, 0.05) is 17.5 Å². The molecular weight excluding hydrogens is 285 g/mol. The highest BCUT2D eigenvalue weighted by atomic mass is 32.1. The van der Waals surface area contributed by atoms with Crippen molar-refractivity contribution < 1.29 is 4.39 Å². The predicted octanol–water partition coefficient (Wildman–Crippen LogP) is 3.63. The summed E-state index contributed by atoms with van der Waals surface area (Å²) in [4.78, 5) is 7.74. The molecular formula is C16H22FN3S. The van der Waals surface area contributed by atoms with Crippen molar-refractivity contribution in [3.8, 4) is 0 Å². The molecule has 0 spiro atoms. The summed E-state index contributed by atoms with van der Waals surface area (Å²) in [5, 5.41) is 5.66. The number of hydrogen-bond acceptors (Lipinski definition) is 4. The van der Waals surface area contributed by atoms with E-state index in [0.717, 1.165) is 18.7 Å². The van der Waals surface area contributed by atoms with Crippen LogP contribution in [0, 0.1) is 5.82 Å². The van der Waals surface area contributed by atoms with Gasteiger partial charge in [0.15, 0.2) is 0 Å². The lowest BCUT2D eigenvalue weighted by Gasteiger charge is -2.26. The Morgan fingerprint density at radius 2 is 2.14 bits per heavy atom. The number of aromatic nitrogens is 1. The third kappa shape index (κ3) is 4.33. The first-order chi connectivity index (χ1) is 10.1. The zero-order chi connectivity index (χ0) is 15.2.